The molecule has 7 heteroatoms. The maximum atomic E-state index is 11.3. The number of rotatable bonds is 2. The van der Waals surface area contributed by atoms with Crippen LogP contribution in [-0.2, 0) is 0 Å². The Hall–Kier alpha value is -2.15. The van der Waals surface area contributed by atoms with E-state index in [1.165, 1.54) is 16.0 Å². The van der Waals surface area contributed by atoms with E-state index in [4.69, 9.17) is 0 Å². The molecule has 0 spiro atoms. The van der Waals surface area contributed by atoms with Crippen molar-refractivity contribution in [3.8, 4) is 5.82 Å². The molecular weight excluding hydrogens is 240 g/mol. The van der Waals surface area contributed by atoms with Gasteiger partial charge in [0, 0.05) is 17.8 Å². The highest BCUT2D eigenvalue weighted by Gasteiger charge is 2.21. The number of aryl methyl sites for hydroxylation is 1. The summed E-state index contributed by atoms with van der Waals surface area (Å²) in [7, 11) is 0. The standard InChI is InChI=1S/C10H8N4O2S/c1-6-4-11-14(5-6)8-7(9(15)16)13-2-3-17-10(13)12-8/h2-5H,1H3,(H,15,16). The third-order valence-electron chi connectivity index (χ3n) is 2.37. The van der Waals surface area contributed by atoms with Gasteiger partial charge in [0.2, 0.25) is 0 Å². The van der Waals surface area contributed by atoms with Crippen molar-refractivity contribution in [3.63, 3.8) is 0 Å². The van der Waals surface area contributed by atoms with E-state index in [0.717, 1.165) is 5.56 Å². The highest BCUT2D eigenvalue weighted by Crippen LogP contribution is 2.20. The van der Waals surface area contributed by atoms with Crippen molar-refractivity contribution in [2.75, 3.05) is 0 Å². The van der Waals surface area contributed by atoms with Crippen molar-refractivity contribution in [1.82, 2.24) is 19.2 Å². The smallest absolute Gasteiger partial charge is 0.356 e. The predicted octanol–water partition coefficient (Wildman–Crippen LogP) is 1.59. The van der Waals surface area contributed by atoms with Gasteiger partial charge in [-0.1, -0.05) is 0 Å². The van der Waals surface area contributed by atoms with Gasteiger partial charge in [0.25, 0.3) is 0 Å². The van der Waals surface area contributed by atoms with Crippen LogP contribution in [0.25, 0.3) is 10.8 Å². The second-order valence-corrected chi connectivity index (χ2v) is 4.48. The molecule has 0 amide bonds. The zero-order valence-corrected chi connectivity index (χ0v) is 9.68. The van der Waals surface area contributed by atoms with Crippen LogP contribution in [0.4, 0.5) is 0 Å². The van der Waals surface area contributed by atoms with Crippen molar-refractivity contribution < 1.29 is 9.90 Å². The Morgan fingerprint density at radius 2 is 2.35 bits per heavy atom. The Morgan fingerprint density at radius 1 is 1.53 bits per heavy atom. The van der Waals surface area contributed by atoms with E-state index in [0.29, 0.717) is 10.8 Å². The number of nitrogens with zero attached hydrogens (tertiary/aromatic N) is 4. The fourth-order valence-electron chi connectivity index (χ4n) is 1.66. The molecule has 3 aromatic rings. The van der Waals surface area contributed by atoms with Crippen LogP contribution in [0.1, 0.15) is 16.1 Å². The molecule has 0 atom stereocenters. The van der Waals surface area contributed by atoms with Gasteiger partial charge in [-0.15, -0.1) is 11.3 Å². The topological polar surface area (TPSA) is 72.4 Å². The van der Waals surface area contributed by atoms with Gasteiger partial charge >= 0.3 is 5.97 Å². The Morgan fingerprint density at radius 3 is 3.00 bits per heavy atom. The average molecular weight is 248 g/mol. The summed E-state index contributed by atoms with van der Waals surface area (Å²) >= 11 is 1.39. The quantitative estimate of drug-likeness (QED) is 0.747. The van der Waals surface area contributed by atoms with Gasteiger partial charge in [-0.2, -0.15) is 10.1 Å². The molecule has 0 radical (unpaired) electrons. The molecule has 0 bridgehead atoms. The monoisotopic (exact) mass is 248 g/mol. The lowest BCUT2D eigenvalue weighted by atomic mass is 10.4. The summed E-state index contributed by atoms with van der Waals surface area (Å²) in [4.78, 5) is 16.2. The summed E-state index contributed by atoms with van der Waals surface area (Å²) in [5, 5.41) is 15.1. The fourth-order valence-corrected chi connectivity index (χ4v) is 2.37. The first-order valence-electron chi connectivity index (χ1n) is 4.87. The summed E-state index contributed by atoms with van der Waals surface area (Å²) in [5.74, 6) is -0.670. The van der Waals surface area contributed by atoms with E-state index < -0.39 is 5.97 Å². The van der Waals surface area contributed by atoms with Crippen LogP contribution in [0.15, 0.2) is 24.0 Å². The molecule has 6 nitrogen and oxygen atoms in total. The molecule has 3 heterocycles. The molecule has 1 N–H and O–H groups in total. The van der Waals surface area contributed by atoms with Crippen molar-refractivity contribution >= 4 is 22.3 Å². The number of carboxylic acids is 1. The summed E-state index contributed by atoms with van der Waals surface area (Å²) < 4.78 is 3.04. The molecule has 3 aromatic heterocycles. The lowest BCUT2D eigenvalue weighted by Gasteiger charge is -1.98. The maximum Gasteiger partial charge on any atom is 0.356 e. The molecule has 86 valence electrons. The van der Waals surface area contributed by atoms with Crippen LogP contribution in [0, 0.1) is 6.92 Å². The first-order valence-corrected chi connectivity index (χ1v) is 5.75. The van der Waals surface area contributed by atoms with Crippen LogP contribution in [-0.4, -0.2) is 30.2 Å². The number of carboxylic acid groups (broad SMARTS) is 1. The molecule has 0 aliphatic carbocycles. The van der Waals surface area contributed by atoms with Crippen molar-refractivity contribution in [1.29, 1.82) is 0 Å². The number of aromatic carboxylic acids is 1. The minimum atomic E-state index is -1.01. The van der Waals surface area contributed by atoms with Gasteiger partial charge in [0.1, 0.15) is 0 Å². The molecule has 17 heavy (non-hydrogen) atoms. The number of carbonyl (C=O) groups is 1. The Kier molecular flexibility index (Phi) is 2.02. The van der Waals surface area contributed by atoms with Crippen LogP contribution in [0.5, 0.6) is 0 Å². The first-order chi connectivity index (χ1) is 8.16. The number of imidazole rings is 1. The third-order valence-corrected chi connectivity index (χ3v) is 3.13. The van der Waals surface area contributed by atoms with E-state index in [2.05, 4.69) is 10.1 Å². The molecule has 3 rings (SSSR count). The van der Waals surface area contributed by atoms with Crippen molar-refractivity contribution in [2.45, 2.75) is 6.92 Å². The summed E-state index contributed by atoms with van der Waals surface area (Å²) in [6, 6.07) is 0. The number of aromatic nitrogens is 4. The van der Waals surface area contributed by atoms with Gasteiger partial charge in [0.15, 0.2) is 16.5 Å². The SMILES string of the molecule is Cc1cnn(-c2nc3sccn3c2C(=O)O)c1. The average Bonchev–Trinajstić information content (AvgIpc) is 2.88. The zero-order chi connectivity index (χ0) is 12.0. The minimum Gasteiger partial charge on any atom is -0.476 e. The Labute approximate surface area is 99.8 Å². The first kappa shape index (κ1) is 10.0. The molecule has 0 aromatic carbocycles. The number of thiazole rings is 1. The highest BCUT2D eigenvalue weighted by molar-refractivity contribution is 7.15. The van der Waals surface area contributed by atoms with Crippen molar-refractivity contribution in [3.05, 3.63) is 35.2 Å². The molecule has 0 fully saturated rings. The van der Waals surface area contributed by atoms with Crippen LogP contribution >= 0.6 is 11.3 Å². The molecule has 0 aliphatic heterocycles. The summed E-state index contributed by atoms with van der Waals surface area (Å²) in [5.41, 5.74) is 1.09. The third kappa shape index (κ3) is 1.43. The molecule has 0 saturated heterocycles. The second-order valence-electron chi connectivity index (χ2n) is 3.61. The number of hydrogen-bond donors (Lipinski definition) is 1. The number of hydrogen-bond acceptors (Lipinski definition) is 4. The zero-order valence-electron chi connectivity index (χ0n) is 8.86. The van der Waals surface area contributed by atoms with Gasteiger partial charge in [-0.05, 0) is 12.5 Å². The van der Waals surface area contributed by atoms with E-state index >= 15 is 0 Å². The maximum absolute atomic E-state index is 11.3. The molecular formula is C10H8N4O2S. The summed E-state index contributed by atoms with van der Waals surface area (Å²) in [6.45, 7) is 1.89. The molecule has 0 saturated carbocycles. The Balaban J connectivity index is 2.31. The largest absolute Gasteiger partial charge is 0.476 e. The van der Waals surface area contributed by atoms with E-state index in [-0.39, 0.29) is 5.69 Å². The normalized spacial score (nSPS) is 11.1. The van der Waals surface area contributed by atoms with E-state index in [1.54, 1.807) is 28.4 Å². The van der Waals surface area contributed by atoms with Crippen molar-refractivity contribution in [2.24, 2.45) is 0 Å². The van der Waals surface area contributed by atoms with Crippen LogP contribution < -0.4 is 0 Å². The lowest BCUT2D eigenvalue weighted by molar-refractivity contribution is 0.0689. The summed E-state index contributed by atoms with van der Waals surface area (Å²) in [6.07, 6.45) is 5.11. The van der Waals surface area contributed by atoms with Gasteiger partial charge < -0.3 is 5.11 Å². The second kappa shape index (κ2) is 3.42. The predicted molar refractivity (Wildman–Crippen MR) is 61.9 cm³/mol. The van der Waals surface area contributed by atoms with Gasteiger partial charge in [-0.3, -0.25) is 4.40 Å². The molecule has 0 unspecified atom stereocenters. The fraction of sp³-hybridized carbons (Fsp3) is 0.100. The van der Waals surface area contributed by atoms with E-state index in [1.807, 2.05) is 6.92 Å². The van der Waals surface area contributed by atoms with Crippen LogP contribution in [0.2, 0.25) is 0 Å². The van der Waals surface area contributed by atoms with E-state index in [9.17, 15) is 9.90 Å². The van der Waals surface area contributed by atoms with Gasteiger partial charge in [-0.25, -0.2) is 9.48 Å². The van der Waals surface area contributed by atoms with Gasteiger partial charge in [0.05, 0.1) is 6.20 Å². The Bertz CT molecular complexity index is 709. The minimum absolute atomic E-state index is 0.129. The number of fused-ring (bicyclic) bond motifs is 1. The molecule has 0 aliphatic rings. The van der Waals surface area contributed by atoms with Crippen LogP contribution in [0.3, 0.4) is 0 Å². The highest BCUT2D eigenvalue weighted by atomic mass is 32.1. The lowest BCUT2D eigenvalue weighted by Crippen LogP contribution is -2.07.